The number of hydrogen-bond donors (Lipinski definition) is 1. The Kier molecular flexibility index (Phi) is 5.67. The van der Waals surface area contributed by atoms with Crippen LogP contribution in [-0.4, -0.2) is 21.1 Å². The molecule has 0 unspecified atom stereocenters. The van der Waals surface area contributed by atoms with Crippen molar-refractivity contribution in [2.75, 3.05) is 5.32 Å². The summed E-state index contributed by atoms with van der Waals surface area (Å²) in [5, 5.41) is 3.91. The summed E-state index contributed by atoms with van der Waals surface area (Å²) in [4.78, 5) is 20.9. The fourth-order valence-electron chi connectivity index (χ4n) is 1.78. The second-order valence-corrected chi connectivity index (χ2v) is 6.93. The molecule has 1 heterocycles. The highest BCUT2D eigenvalue weighted by atomic mass is 35.5. The van der Waals surface area contributed by atoms with Crippen molar-refractivity contribution < 1.29 is 4.79 Å². The minimum atomic E-state index is -0.337. The van der Waals surface area contributed by atoms with E-state index in [1.54, 1.807) is 25.1 Å². The van der Waals surface area contributed by atoms with Gasteiger partial charge in [-0.1, -0.05) is 35.0 Å². The van der Waals surface area contributed by atoms with Crippen LogP contribution in [0.4, 0.5) is 5.69 Å². The maximum Gasteiger partial charge on any atom is 0.237 e. The van der Waals surface area contributed by atoms with Gasteiger partial charge in [-0.2, -0.15) is 0 Å². The average molecular weight is 356 g/mol. The topological polar surface area (TPSA) is 54.9 Å². The second kappa shape index (κ2) is 7.31. The van der Waals surface area contributed by atoms with Gasteiger partial charge >= 0.3 is 0 Å². The minimum Gasteiger partial charge on any atom is -0.325 e. The summed E-state index contributed by atoms with van der Waals surface area (Å²) in [7, 11) is 0. The van der Waals surface area contributed by atoms with Gasteiger partial charge in [0.05, 0.1) is 15.3 Å². The number of nitrogens with zero attached hydrogens (tertiary/aromatic N) is 2. The molecule has 1 aromatic heterocycles. The van der Waals surface area contributed by atoms with E-state index in [1.165, 1.54) is 11.8 Å². The zero-order valence-corrected chi connectivity index (χ0v) is 14.7. The van der Waals surface area contributed by atoms with Gasteiger partial charge in [0.1, 0.15) is 0 Å². The molecule has 1 aromatic carbocycles. The molecule has 0 saturated carbocycles. The largest absolute Gasteiger partial charge is 0.325 e. The number of carbonyl (C=O) groups excluding carboxylic acids is 1. The van der Waals surface area contributed by atoms with Crippen LogP contribution in [0.1, 0.15) is 18.3 Å². The van der Waals surface area contributed by atoms with Crippen molar-refractivity contribution in [1.82, 2.24) is 9.97 Å². The van der Waals surface area contributed by atoms with Crippen molar-refractivity contribution in [1.29, 1.82) is 0 Å². The van der Waals surface area contributed by atoms with Crippen LogP contribution in [-0.2, 0) is 4.79 Å². The van der Waals surface area contributed by atoms with Crippen molar-refractivity contribution >= 4 is 46.6 Å². The summed E-state index contributed by atoms with van der Waals surface area (Å²) in [5.41, 5.74) is 2.37. The average Bonchev–Trinajstić information content (AvgIpc) is 2.41. The normalized spacial score (nSPS) is 12.0. The number of aromatic nitrogens is 2. The van der Waals surface area contributed by atoms with Crippen LogP contribution in [0.25, 0.3) is 0 Å². The summed E-state index contributed by atoms with van der Waals surface area (Å²) in [6.07, 6.45) is 0. The van der Waals surface area contributed by atoms with E-state index in [0.717, 1.165) is 11.4 Å². The number of thioether (sulfide) groups is 1. The molecule has 2 rings (SSSR count). The van der Waals surface area contributed by atoms with E-state index in [0.29, 0.717) is 20.9 Å². The Morgan fingerprint density at radius 3 is 2.36 bits per heavy atom. The lowest BCUT2D eigenvalue weighted by atomic mass is 10.3. The number of aryl methyl sites for hydroxylation is 2. The Morgan fingerprint density at radius 2 is 1.77 bits per heavy atom. The van der Waals surface area contributed by atoms with E-state index >= 15 is 0 Å². The number of hydrogen-bond acceptors (Lipinski definition) is 4. The van der Waals surface area contributed by atoms with E-state index < -0.39 is 0 Å². The quantitative estimate of drug-likeness (QED) is 0.646. The van der Waals surface area contributed by atoms with Gasteiger partial charge in [-0.05, 0) is 45.0 Å². The molecule has 1 atom stereocenters. The molecule has 116 valence electrons. The molecule has 0 spiro atoms. The van der Waals surface area contributed by atoms with Crippen LogP contribution in [0.2, 0.25) is 10.0 Å². The summed E-state index contributed by atoms with van der Waals surface area (Å²) in [5.74, 6) is -0.147. The molecule has 4 nitrogen and oxygen atoms in total. The molecule has 0 saturated heterocycles. The van der Waals surface area contributed by atoms with Gasteiger partial charge in [-0.3, -0.25) is 4.79 Å². The Labute approximate surface area is 143 Å². The Morgan fingerprint density at radius 1 is 1.14 bits per heavy atom. The fourth-order valence-corrected chi connectivity index (χ4v) is 2.95. The number of halogens is 2. The third-order valence-electron chi connectivity index (χ3n) is 2.80. The zero-order valence-electron chi connectivity index (χ0n) is 12.4. The Bertz CT molecular complexity index is 689. The van der Waals surface area contributed by atoms with Gasteiger partial charge in [0.2, 0.25) is 5.91 Å². The van der Waals surface area contributed by atoms with Gasteiger partial charge in [-0.15, -0.1) is 0 Å². The standard InChI is InChI=1S/C15H15Cl2N3OS/c1-8-6-9(2)19-15(18-8)22-10(3)14(21)20-11-4-5-12(16)13(17)7-11/h4-7,10H,1-3H3,(H,20,21)/t10-/m0/s1. The maximum absolute atomic E-state index is 12.2. The molecular weight excluding hydrogens is 341 g/mol. The van der Waals surface area contributed by atoms with Crippen molar-refractivity contribution in [2.45, 2.75) is 31.2 Å². The van der Waals surface area contributed by atoms with E-state index in [9.17, 15) is 4.79 Å². The van der Waals surface area contributed by atoms with Crippen LogP contribution in [0, 0.1) is 13.8 Å². The molecule has 2 aromatic rings. The lowest BCUT2D eigenvalue weighted by Gasteiger charge is -2.12. The summed E-state index contributed by atoms with van der Waals surface area (Å²) in [6, 6.07) is 6.86. The highest BCUT2D eigenvalue weighted by Gasteiger charge is 2.17. The third kappa shape index (κ3) is 4.60. The molecule has 22 heavy (non-hydrogen) atoms. The number of nitrogens with one attached hydrogen (secondary N) is 1. The molecular formula is C15H15Cl2N3OS. The smallest absolute Gasteiger partial charge is 0.237 e. The summed E-state index contributed by atoms with van der Waals surface area (Å²) < 4.78 is 0. The summed E-state index contributed by atoms with van der Waals surface area (Å²) >= 11 is 13.1. The van der Waals surface area contributed by atoms with Crippen LogP contribution >= 0.6 is 35.0 Å². The van der Waals surface area contributed by atoms with E-state index in [1.807, 2.05) is 19.9 Å². The van der Waals surface area contributed by atoms with E-state index in [-0.39, 0.29) is 11.2 Å². The molecule has 0 aliphatic heterocycles. The highest BCUT2D eigenvalue weighted by Crippen LogP contribution is 2.26. The first kappa shape index (κ1) is 17.1. The Balaban J connectivity index is 2.04. The maximum atomic E-state index is 12.2. The Hall–Kier alpha value is -1.30. The molecule has 0 bridgehead atoms. The van der Waals surface area contributed by atoms with Crippen molar-refractivity contribution in [3.63, 3.8) is 0 Å². The molecule has 0 radical (unpaired) electrons. The van der Waals surface area contributed by atoms with Crippen molar-refractivity contribution in [3.05, 3.63) is 45.7 Å². The van der Waals surface area contributed by atoms with Crippen LogP contribution in [0.5, 0.6) is 0 Å². The molecule has 1 amide bonds. The predicted molar refractivity (Wildman–Crippen MR) is 91.9 cm³/mol. The van der Waals surface area contributed by atoms with Crippen molar-refractivity contribution in [3.8, 4) is 0 Å². The number of rotatable bonds is 4. The van der Waals surface area contributed by atoms with E-state index in [4.69, 9.17) is 23.2 Å². The van der Waals surface area contributed by atoms with Gasteiger partial charge in [0, 0.05) is 17.1 Å². The highest BCUT2D eigenvalue weighted by molar-refractivity contribution is 8.00. The number of amides is 1. The fraction of sp³-hybridized carbons (Fsp3) is 0.267. The molecule has 0 aliphatic carbocycles. The van der Waals surface area contributed by atoms with Gasteiger partial charge in [0.15, 0.2) is 5.16 Å². The first-order valence-electron chi connectivity index (χ1n) is 6.60. The third-order valence-corrected chi connectivity index (χ3v) is 4.50. The lowest BCUT2D eigenvalue weighted by molar-refractivity contribution is -0.115. The molecule has 0 aliphatic rings. The second-order valence-electron chi connectivity index (χ2n) is 4.81. The van der Waals surface area contributed by atoms with E-state index in [2.05, 4.69) is 15.3 Å². The van der Waals surface area contributed by atoms with Gasteiger partial charge < -0.3 is 5.32 Å². The lowest BCUT2D eigenvalue weighted by Crippen LogP contribution is -2.22. The zero-order chi connectivity index (χ0) is 16.3. The monoisotopic (exact) mass is 355 g/mol. The van der Waals surface area contributed by atoms with Crippen LogP contribution in [0.3, 0.4) is 0 Å². The van der Waals surface area contributed by atoms with Gasteiger partial charge in [0.25, 0.3) is 0 Å². The number of anilines is 1. The molecule has 1 N–H and O–H groups in total. The first-order chi connectivity index (χ1) is 10.3. The van der Waals surface area contributed by atoms with Crippen molar-refractivity contribution in [2.24, 2.45) is 0 Å². The van der Waals surface area contributed by atoms with Crippen LogP contribution < -0.4 is 5.32 Å². The predicted octanol–water partition coefficient (Wildman–Crippen LogP) is 4.52. The molecule has 0 fully saturated rings. The number of benzene rings is 1. The summed E-state index contributed by atoms with van der Waals surface area (Å²) in [6.45, 7) is 5.61. The van der Waals surface area contributed by atoms with Crippen LogP contribution in [0.15, 0.2) is 29.4 Å². The SMILES string of the molecule is Cc1cc(C)nc(S[C@@H](C)C(=O)Nc2ccc(Cl)c(Cl)c2)n1. The van der Waals surface area contributed by atoms with Gasteiger partial charge in [-0.25, -0.2) is 9.97 Å². The first-order valence-corrected chi connectivity index (χ1v) is 8.23. The molecule has 7 heteroatoms. The number of carbonyl (C=O) groups is 1. The minimum absolute atomic E-state index is 0.147.